The van der Waals surface area contributed by atoms with E-state index >= 15 is 0 Å². The molecule has 1 saturated heterocycles. The van der Waals surface area contributed by atoms with E-state index in [4.69, 9.17) is 4.74 Å². The predicted molar refractivity (Wildman–Crippen MR) is 121 cm³/mol. The number of ether oxygens (including phenoxy) is 1. The maximum absolute atomic E-state index is 12.2. The molecular weight excluding hydrogens is 372 g/mol. The van der Waals surface area contributed by atoms with Crippen LogP contribution in [0.4, 0.5) is 5.69 Å². The monoisotopic (exact) mass is 400 g/mol. The summed E-state index contributed by atoms with van der Waals surface area (Å²) in [5.41, 5.74) is 4.57. The molecule has 0 radical (unpaired) electrons. The number of carbonyl (C=O) groups excluding carboxylic acids is 1. The molecule has 0 aromatic heterocycles. The van der Waals surface area contributed by atoms with Gasteiger partial charge in [0.05, 0.1) is 6.04 Å². The lowest BCUT2D eigenvalue weighted by molar-refractivity contribution is -0.117. The summed E-state index contributed by atoms with van der Waals surface area (Å²) in [5.74, 6) is 0.953. The Morgan fingerprint density at radius 3 is 2.17 bits per heavy atom. The summed E-state index contributed by atoms with van der Waals surface area (Å²) >= 11 is 0. The Balaban J connectivity index is 1.23. The Bertz CT molecular complexity index is 931. The summed E-state index contributed by atoms with van der Waals surface area (Å²) in [4.78, 5) is 12.2. The molecule has 1 atom stereocenters. The van der Waals surface area contributed by atoms with Gasteiger partial charge in [-0.3, -0.25) is 4.79 Å². The van der Waals surface area contributed by atoms with E-state index in [1.54, 1.807) is 0 Å². The van der Waals surface area contributed by atoms with Crippen LogP contribution in [0, 0.1) is 0 Å². The second-order valence-corrected chi connectivity index (χ2v) is 7.75. The molecule has 0 saturated carbocycles. The molecule has 0 aliphatic carbocycles. The van der Waals surface area contributed by atoms with Crippen molar-refractivity contribution in [2.45, 2.75) is 38.3 Å². The van der Waals surface area contributed by atoms with E-state index in [0.29, 0.717) is 6.61 Å². The average molecular weight is 401 g/mol. The summed E-state index contributed by atoms with van der Waals surface area (Å²) in [6.07, 6.45) is 3.91. The van der Waals surface area contributed by atoms with Crippen molar-refractivity contribution in [3.05, 3.63) is 95.6 Å². The Morgan fingerprint density at radius 1 is 0.867 bits per heavy atom. The first-order chi connectivity index (χ1) is 14.8. The third-order valence-electron chi connectivity index (χ3n) is 5.47. The van der Waals surface area contributed by atoms with Crippen molar-refractivity contribution in [1.82, 2.24) is 5.32 Å². The maximum Gasteiger partial charge on any atom is 0.241 e. The SMILES string of the molecule is O=C(Nc1ccc(CCc2ccc(OCc3ccccc3)cc2)cc1)C1CCCN1. The number of hydrogen-bond acceptors (Lipinski definition) is 3. The Morgan fingerprint density at radius 2 is 1.53 bits per heavy atom. The molecular formula is C26H28N2O2. The minimum absolute atomic E-state index is 0.0516. The van der Waals surface area contributed by atoms with Crippen LogP contribution in [-0.4, -0.2) is 18.5 Å². The van der Waals surface area contributed by atoms with Gasteiger partial charge in [0.1, 0.15) is 12.4 Å². The molecule has 0 bridgehead atoms. The number of amides is 1. The predicted octanol–water partition coefficient (Wildman–Crippen LogP) is 4.74. The highest BCUT2D eigenvalue weighted by atomic mass is 16.5. The van der Waals surface area contributed by atoms with E-state index in [1.807, 2.05) is 42.5 Å². The molecule has 0 spiro atoms. The van der Waals surface area contributed by atoms with Crippen molar-refractivity contribution in [2.24, 2.45) is 0 Å². The fourth-order valence-electron chi connectivity index (χ4n) is 3.67. The first-order valence-corrected chi connectivity index (χ1v) is 10.7. The molecule has 1 unspecified atom stereocenters. The van der Waals surface area contributed by atoms with E-state index < -0.39 is 0 Å². The molecule has 1 aliphatic rings. The lowest BCUT2D eigenvalue weighted by Gasteiger charge is -2.11. The molecule has 4 rings (SSSR count). The molecule has 1 heterocycles. The standard InChI is InChI=1S/C26H28N2O2/c29-26(25-7-4-18-27-25)28-23-14-10-20(11-15-23)8-9-21-12-16-24(17-13-21)30-19-22-5-2-1-3-6-22/h1-3,5-6,10-17,25,27H,4,7-9,18-19H2,(H,28,29). The van der Waals surface area contributed by atoms with Gasteiger partial charge >= 0.3 is 0 Å². The van der Waals surface area contributed by atoms with Crippen LogP contribution in [0.3, 0.4) is 0 Å². The molecule has 1 fully saturated rings. The van der Waals surface area contributed by atoms with Gasteiger partial charge in [0.15, 0.2) is 0 Å². The van der Waals surface area contributed by atoms with E-state index in [0.717, 1.165) is 43.7 Å². The van der Waals surface area contributed by atoms with E-state index in [-0.39, 0.29) is 11.9 Å². The van der Waals surface area contributed by atoms with Gasteiger partial charge in [-0.2, -0.15) is 0 Å². The highest BCUT2D eigenvalue weighted by Gasteiger charge is 2.21. The fourth-order valence-corrected chi connectivity index (χ4v) is 3.67. The lowest BCUT2D eigenvalue weighted by atomic mass is 10.0. The van der Waals surface area contributed by atoms with E-state index in [9.17, 15) is 4.79 Å². The molecule has 3 aromatic carbocycles. The first-order valence-electron chi connectivity index (χ1n) is 10.7. The highest BCUT2D eigenvalue weighted by Crippen LogP contribution is 2.17. The van der Waals surface area contributed by atoms with Crippen molar-refractivity contribution >= 4 is 11.6 Å². The third kappa shape index (κ3) is 5.71. The van der Waals surface area contributed by atoms with Crippen LogP contribution < -0.4 is 15.4 Å². The zero-order valence-electron chi connectivity index (χ0n) is 17.1. The van der Waals surface area contributed by atoms with Gasteiger partial charge in [0.2, 0.25) is 5.91 Å². The fraction of sp³-hybridized carbons (Fsp3) is 0.269. The van der Waals surface area contributed by atoms with Gasteiger partial charge in [-0.25, -0.2) is 0 Å². The zero-order chi connectivity index (χ0) is 20.6. The summed E-state index contributed by atoms with van der Waals surface area (Å²) in [7, 11) is 0. The van der Waals surface area contributed by atoms with Crippen LogP contribution >= 0.6 is 0 Å². The van der Waals surface area contributed by atoms with Crippen molar-refractivity contribution in [3.8, 4) is 5.75 Å². The molecule has 2 N–H and O–H groups in total. The van der Waals surface area contributed by atoms with Gasteiger partial charge < -0.3 is 15.4 Å². The van der Waals surface area contributed by atoms with Gasteiger partial charge in [-0.05, 0) is 73.2 Å². The van der Waals surface area contributed by atoms with Crippen molar-refractivity contribution in [3.63, 3.8) is 0 Å². The van der Waals surface area contributed by atoms with Crippen molar-refractivity contribution < 1.29 is 9.53 Å². The Labute approximate surface area is 178 Å². The molecule has 1 amide bonds. The second-order valence-electron chi connectivity index (χ2n) is 7.75. The number of carbonyl (C=O) groups is 1. The van der Waals surface area contributed by atoms with Gasteiger partial charge in [0, 0.05) is 5.69 Å². The summed E-state index contributed by atoms with van der Waals surface area (Å²) in [6, 6.07) is 26.6. The second kappa shape index (κ2) is 10.1. The maximum atomic E-state index is 12.2. The number of benzene rings is 3. The number of rotatable bonds is 8. The highest BCUT2D eigenvalue weighted by molar-refractivity contribution is 5.95. The molecule has 154 valence electrons. The minimum Gasteiger partial charge on any atom is -0.489 e. The summed E-state index contributed by atoms with van der Waals surface area (Å²) in [6.45, 7) is 1.51. The number of nitrogens with one attached hydrogen (secondary N) is 2. The summed E-state index contributed by atoms with van der Waals surface area (Å²) < 4.78 is 5.85. The smallest absolute Gasteiger partial charge is 0.241 e. The van der Waals surface area contributed by atoms with Crippen LogP contribution in [0.25, 0.3) is 0 Å². The van der Waals surface area contributed by atoms with Crippen molar-refractivity contribution in [1.29, 1.82) is 0 Å². The molecule has 4 heteroatoms. The topological polar surface area (TPSA) is 50.4 Å². The van der Waals surface area contributed by atoms with Crippen molar-refractivity contribution in [2.75, 3.05) is 11.9 Å². The van der Waals surface area contributed by atoms with Gasteiger partial charge in [0.25, 0.3) is 0 Å². The zero-order valence-corrected chi connectivity index (χ0v) is 17.1. The van der Waals surface area contributed by atoms with Crippen LogP contribution in [0.1, 0.15) is 29.5 Å². The minimum atomic E-state index is -0.0516. The van der Waals surface area contributed by atoms with E-state index in [2.05, 4.69) is 47.0 Å². The van der Waals surface area contributed by atoms with Crippen LogP contribution in [-0.2, 0) is 24.2 Å². The van der Waals surface area contributed by atoms with Gasteiger partial charge in [-0.15, -0.1) is 0 Å². The number of anilines is 1. The number of aryl methyl sites for hydroxylation is 2. The molecule has 3 aromatic rings. The lowest BCUT2D eigenvalue weighted by Crippen LogP contribution is -2.35. The third-order valence-corrected chi connectivity index (χ3v) is 5.47. The van der Waals surface area contributed by atoms with Crippen LogP contribution in [0.15, 0.2) is 78.9 Å². The van der Waals surface area contributed by atoms with E-state index in [1.165, 1.54) is 16.7 Å². The summed E-state index contributed by atoms with van der Waals surface area (Å²) in [5, 5.41) is 6.23. The van der Waals surface area contributed by atoms with Crippen LogP contribution in [0.2, 0.25) is 0 Å². The molecule has 30 heavy (non-hydrogen) atoms. The average Bonchev–Trinajstić information content (AvgIpc) is 3.34. The van der Waals surface area contributed by atoms with Gasteiger partial charge in [-0.1, -0.05) is 54.6 Å². The Hall–Kier alpha value is -3.11. The first kappa shape index (κ1) is 20.2. The quantitative estimate of drug-likeness (QED) is 0.574. The molecule has 4 nitrogen and oxygen atoms in total. The number of hydrogen-bond donors (Lipinski definition) is 2. The normalized spacial score (nSPS) is 15.7. The molecule has 1 aliphatic heterocycles. The largest absolute Gasteiger partial charge is 0.489 e. The van der Waals surface area contributed by atoms with Crippen LogP contribution in [0.5, 0.6) is 5.75 Å². The Kier molecular flexibility index (Phi) is 6.78.